The van der Waals surface area contributed by atoms with Gasteiger partial charge in [0.2, 0.25) is 0 Å². The molecule has 0 saturated carbocycles. The summed E-state index contributed by atoms with van der Waals surface area (Å²) in [5.74, 6) is 0. The van der Waals surface area contributed by atoms with Crippen LogP contribution in [-0.4, -0.2) is 20.9 Å². The molecule has 0 aliphatic rings. The van der Waals surface area contributed by atoms with Crippen LogP contribution in [0, 0.1) is 0 Å². The molecule has 0 aliphatic heterocycles. The maximum atomic E-state index is 2.51. The summed E-state index contributed by atoms with van der Waals surface area (Å²) < 4.78 is 3.15. The molecule has 0 spiro atoms. The van der Waals surface area contributed by atoms with Crippen LogP contribution in [0.2, 0.25) is 4.47 Å². The van der Waals surface area contributed by atoms with Crippen molar-refractivity contribution in [2.45, 2.75) is 55.3 Å². The van der Waals surface area contributed by atoms with Crippen LogP contribution in [-0.2, 0) is 0 Å². The van der Waals surface area contributed by atoms with E-state index in [2.05, 4.69) is 50.3 Å². The number of rotatable bonds is 9. The number of thioether (sulfide) groups is 1. The van der Waals surface area contributed by atoms with Crippen molar-refractivity contribution in [3.63, 3.8) is 0 Å². The first-order valence-electron chi connectivity index (χ1n) is 6.92. The van der Waals surface area contributed by atoms with Gasteiger partial charge in [0.1, 0.15) is 0 Å². The molecular formula is C16H24STe. The van der Waals surface area contributed by atoms with E-state index in [1.54, 1.807) is 2.95 Å². The molecule has 0 aliphatic carbocycles. The number of unbranched alkanes of at least 4 members (excludes halogenated alkanes) is 3. The third kappa shape index (κ3) is 7.52. The zero-order valence-electron chi connectivity index (χ0n) is 11.5. The van der Waals surface area contributed by atoms with Gasteiger partial charge in [0, 0.05) is 0 Å². The van der Waals surface area contributed by atoms with Crippen LogP contribution < -0.4 is 0 Å². The van der Waals surface area contributed by atoms with Gasteiger partial charge in [-0.15, -0.1) is 0 Å². The summed E-state index contributed by atoms with van der Waals surface area (Å²) in [6, 6.07) is 10.8. The third-order valence-electron chi connectivity index (χ3n) is 2.57. The van der Waals surface area contributed by atoms with Crippen LogP contribution in [0.1, 0.15) is 46.0 Å². The van der Waals surface area contributed by atoms with Crippen molar-refractivity contribution in [1.29, 1.82) is 0 Å². The Bertz CT molecular complexity index is 332. The fourth-order valence-electron chi connectivity index (χ4n) is 1.48. The Kier molecular flexibility index (Phi) is 9.85. The van der Waals surface area contributed by atoms with E-state index in [9.17, 15) is 0 Å². The maximum absolute atomic E-state index is 2.51. The Morgan fingerprint density at radius 1 is 1.11 bits per heavy atom. The standard InChI is InChI=1S/C16H24STe/c1-3-5-8-13-16(18-14-6-4-2)17-15-11-9-7-10-12-15/h7,9-13H,3-6,8,14H2,1-2H3/b16-13+. The van der Waals surface area contributed by atoms with Gasteiger partial charge in [-0.3, -0.25) is 0 Å². The summed E-state index contributed by atoms with van der Waals surface area (Å²) in [6.45, 7) is 4.56. The molecule has 0 bridgehead atoms. The molecule has 1 rings (SSSR count). The summed E-state index contributed by atoms with van der Waals surface area (Å²) in [7, 11) is 0. The van der Waals surface area contributed by atoms with Crippen molar-refractivity contribution in [1.82, 2.24) is 0 Å². The molecule has 0 amide bonds. The van der Waals surface area contributed by atoms with E-state index >= 15 is 0 Å². The van der Waals surface area contributed by atoms with Crippen LogP contribution in [0.25, 0.3) is 0 Å². The third-order valence-corrected chi connectivity index (χ3v) is 7.65. The van der Waals surface area contributed by atoms with Crippen molar-refractivity contribution < 1.29 is 0 Å². The minimum absolute atomic E-state index is 0.0485. The van der Waals surface area contributed by atoms with Crippen LogP contribution in [0.4, 0.5) is 0 Å². The predicted molar refractivity (Wildman–Crippen MR) is 85.4 cm³/mol. The number of hydrogen-bond donors (Lipinski definition) is 0. The fraction of sp³-hybridized carbons (Fsp3) is 0.500. The number of benzene rings is 1. The molecule has 0 heterocycles. The van der Waals surface area contributed by atoms with E-state index in [0.717, 1.165) is 0 Å². The van der Waals surface area contributed by atoms with E-state index in [-0.39, 0.29) is 20.9 Å². The molecule has 2 heteroatoms. The zero-order chi connectivity index (χ0) is 13.1. The van der Waals surface area contributed by atoms with E-state index in [1.165, 1.54) is 41.5 Å². The molecule has 1 aromatic carbocycles. The normalized spacial score (nSPS) is 11.8. The summed E-state index contributed by atoms with van der Waals surface area (Å²) >= 11 is 2.06. The van der Waals surface area contributed by atoms with Gasteiger partial charge in [-0.2, -0.15) is 0 Å². The molecule has 0 N–H and O–H groups in total. The van der Waals surface area contributed by atoms with Crippen LogP contribution in [0.15, 0.2) is 44.3 Å². The first kappa shape index (κ1) is 16.2. The average Bonchev–Trinajstić information content (AvgIpc) is 2.40. The van der Waals surface area contributed by atoms with Crippen molar-refractivity contribution in [2.75, 3.05) is 0 Å². The minimum atomic E-state index is 0.0485. The molecular weight excluding hydrogens is 352 g/mol. The molecule has 0 saturated heterocycles. The van der Waals surface area contributed by atoms with Crippen molar-refractivity contribution in [2.24, 2.45) is 0 Å². The molecule has 0 aromatic heterocycles. The monoisotopic (exact) mass is 378 g/mol. The summed E-state index contributed by atoms with van der Waals surface area (Å²) in [6.07, 6.45) is 9.15. The summed E-state index contributed by atoms with van der Waals surface area (Å²) in [4.78, 5) is 1.40. The van der Waals surface area contributed by atoms with Gasteiger partial charge in [-0.25, -0.2) is 0 Å². The molecule has 100 valence electrons. The molecule has 0 nitrogen and oxygen atoms in total. The Morgan fingerprint density at radius 2 is 1.83 bits per heavy atom. The summed E-state index contributed by atoms with van der Waals surface area (Å²) in [5, 5.41) is 0. The van der Waals surface area contributed by atoms with Gasteiger partial charge in [-0.1, -0.05) is 0 Å². The Labute approximate surface area is 127 Å². The second-order valence-electron chi connectivity index (χ2n) is 4.28. The molecule has 18 heavy (non-hydrogen) atoms. The van der Waals surface area contributed by atoms with Crippen molar-refractivity contribution >= 4 is 32.7 Å². The summed E-state index contributed by atoms with van der Waals surface area (Å²) in [5.41, 5.74) is 0. The van der Waals surface area contributed by atoms with Gasteiger partial charge in [0.15, 0.2) is 0 Å². The Morgan fingerprint density at radius 3 is 2.50 bits per heavy atom. The quantitative estimate of drug-likeness (QED) is 0.301. The van der Waals surface area contributed by atoms with Crippen molar-refractivity contribution in [3.05, 3.63) is 39.4 Å². The average molecular weight is 376 g/mol. The topological polar surface area (TPSA) is 0 Å². The number of allylic oxidation sites excluding steroid dienone is 1. The Hall–Kier alpha value is 0.0996. The van der Waals surface area contributed by atoms with Crippen LogP contribution in [0.3, 0.4) is 0 Å². The molecule has 1 aromatic rings. The van der Waals surface area contributed by atoms with Gasteiger partial charge in [0.05, 0.1) is 0 Å². The predicted octanol–water partition coefficient (Wildman–Crippen LogP) is 5.73. The van der Waals surface area contributed by atoms with Gasteiger partial charge in [0.25, 0.3) is 0 Å². The zero-order valence-corrected chi connectivity index (χ0v) is 14.7. The van der Waals surface area contributed by atoms with Gasteiger partial charge < -0.3 is 0 Å². The first-order valence-corrected chi connectivity index (χ1v) is 10.6. The molecule has 0 unspecified atom stereocenters. The van der Waals surface area contributed by atoms with E-state index in [4.69, 9.17) is 0 Å². The molecule has 0 radical (unpaired) electrons. The van der Waals surface area contributed by atoms with E-state index in [0.29, 0.717) is 0 Å². The molecule has 0 fully saturated rings. The van der Waals surface area contributed by atoms with Crippen LogP contribution in [0.5, 0.6) is 0 Å². The van der Waals surface area contributed by atoms with Crippen molar-refractivity contribution in [3.8, 4) is 0 Å². The van der Waals surface area contributed by atoms with E-state index < -0.39 is 0 Å². The molecule has 0 atom stereocenters. The van der Waals surface area contributed by atoms with Gasteiger partial charge >= 0.3 is 127 Å². The number of hydrogen-bond acceptors (Lipinski definition) is 1. The van der Waals surface area contributed by atoms with Gasteiger partial charge in [-0.05, 0) is 0 Å². The fourth-order valence-corrected chi connectivity index (χ4v) is 6.63. The van der Waals surface area contributed by atoms with E-state index in [1.807, 2.05) is 11.8 Å². The SMILES string of the molecule is CCCC/C=C(\Sc1ccccc1)[Te]CCCC. The first-order chi connectivity index (χ1) is 8.86. The second-order valence-corrected chi connectivity index (χ2v) is 9.45. The Balaban J connectivity index is 2.50. The second kappa shape index (κ2) is 11.0. The van der Waals surface area contributed by atoms with Crippen LogP contribution >= 0.6 is 11.8 Å².